The monoisotopic (exact) mass is 891 g/mol. The normalized spacial score (nSPS) is 23.5. The molecule has 0 radical (unpaired) electrons. The summed E-state index contributed by atoms with van der Waals surface area (Å²) < 4.78 is 33.4. The Kier molecular flexibility index (Phi) is 32.7. The van der Waals surface area contributed by atoms with E-state index in [1.54, 1.807) is 0 Å². The van der Waals surface area contributed by atoms with Crippen molar-refractivity contribution in [3.05, 3.63) is 48.6 Å². The highest BCUT2D eigenvalue weighted by Crippen LogP contribution is 2.47. The minimum Gasteiger partial charge on any atom is -0.462 e. The fraction of sp³-hybridized carbons (Fsp3) is 0.778. The quantitative estimate of drug-likeness (QED) is 0.0148. The molecule has 1 aliphatic carbocycles. The maximum absolute atomic E-state index is 12.8. The molecular formula is C45H79O15P. The van der Waals surface area contributed by atoms with E-state index in [-0.39, 0.29) is 12.8 Å². The van der Waals surface area contributed by atoms with Crippen molar-refractivity contribution >= 4 is 19.8 Å². The van der Waals surface area contributed by atoms with E-state index in [1.165, 1.54) is 6.42 Å². The summed E-state index contributed by atoms with van der Waals surface area (Å²) in [5, 5.41) is 70.6. The van der Waals surface area contributed by atoms with Crippen LogP contribution in [0.5, 0.6) is 0 Å². The third-order valence-electron chi connectivity index (χ3n) is 10.4. The first kappa shape index (κ1) is 56.7. The average molecular weight is 891 g/mol. The van der Waals surface area contributed by atoms with Crippen molar-refractivity contribution < 1.29 is 73.3 Å². The Morgan fingerprint density at radius 2 is 1.10 bits per heavy atom. The summed E-state index contributed by atoms with van der Waals surface area (Å²) in [4.78, 5) is 35.7. The van der Waals surface area contributed by atoms with Gasteiger partial charge in [0.15, 0.2) is 6.10 Å². The van der Waals surface area contributed by atoms with E-state index >= 15 is 0 Å². The summed E-state index contributed by atoms with van der Waals surface area (Å²) >= 11 is 0. The van der Waals surface area contributed by atoms with Crippen molar-refractivity contribution in [1.82, 2.24) is 0 Å². The molecule has 3 unspecified atom stereocenters. The number of aliphatic hydroxyl groups excluding tert-OH is 7. The molecule has 15 nitrogen and oxygen atoms in total. The lowest BCUT2D eigenvalue weighted by molar-refractivity contribution is -0.220. The van der Waals surface area contributed by atoms with Crippen LogP contribution in [0.25, 0.3) is 0 Å². The van der Waals surface area contributed by atoms with E-state index < -0.39 is 87.9 Å². The lowest BCUT2D eigenvalue weighted by atomic mass is 9.85. The Morgan fingerprint density at radius 1 is 0.590 bits per heavy atom. The molecule has 1 aliphatic rings. The summed E-state index contributed by atoms with van der Waals surface area (Å²) in [7, 11) is -5.16. The molecule has 0 heterocycles. The van der Waals surface area contributed by atoms with Gasteiger partial charge in [0.05, 0.1) is 18.8 Å². The summed E-state index contributed by atoms with van der Waals surface area (Å²) in [5.41, 5.74) is 0. The van der Waals surface area contributed by atoms with Gasteiger partial charge in [0.25, 0.3) is 0 Å². The van der Waals surface area contributed by atoms with E-state index in [0.29, 0.717) is 32.1 Å². The molecule has 1 rings (SSSR count). The van der Waals surface area contributed by atoms with Gasteiger partial charge in [-0.15, -0.1) is 0 Å². The molecule has 0 aromatic carbocycles. The Balaban J connectivity index is 2.54. The van der Waals surface area contributed by atoms with Crippen LogP contribution in [-0.2, 0) is 32.7 Å². The molecule has 8 N–H and O–H groups in total. The number of hydrogen-bond donors (Lipinski definition) is 8. The van der Waals surface area contributed by atoms with Crippen LogP contribution in [0.4, 0.5) is 0 Å². The summed E-state index contributed by atoms with van der Waals surface area (Å²) in [6, 6.07) is 0. The summed E-state index contributed by atoms with van der Waals surface area (Å²) in [6.07, 6.45) is 18.9. The fourth-order valence-corrected chi connectivity index (χ4v) is 7.53. The third-order valence-corrected chi connectivity index (χ3v) is 11.3. The number of allylic oxidation sites excluding steroid dienone is 7. The molecule has 0 aromatic rings. The van der Waals surface area contributed by atoms with Crippen LogP contribution in [0.3, 0.4) is 0 Å². The first-order valence-electron chi connectivity index (χ1n) is 22.6. The van der Waals surface area contributed by atoms with E-state index in [2.05, 4.69) is 50.3 Å². The first-order valence-corrected chi connectivity index (χ1v) is 24.1. The molecule has 0 bridgehead atoms. The van der Waals surface area contributed by atoms with E-state index in [1.807, 2.05) is 12.2 Å². The van der Waals surface area contributed by atoms with Gasteiger partial charge in [0.1, 0.15) is 43.2 Å². The van der Waals surface area contributed by atoms with Gasteiger partial charge in [-0.05, 0) is 70.6 Å². The predicted molar refractivity (Wildman–Crippen MR) is 233 cm³/mol. The highest BCUT2D eigenvalue weighted by atomic mass is 31.2. The highest BCUT2D eigenvalue weighted by molar-refractivity contribution is 7.47. The second-order valence-electron chi connectivity index (χ2n) is 15.8. The van der Waals surface area contributed by atoms with E-state index in [0.717, 1.165) is 89.9 Å². The smallest absolute Gasteiger partial charge is 0.462 e. The topological polar surface area (TPSA) is 250 Å². The zero-order chi connectivity index (χ0) is 45.3. The number of aliphatic hydroxyl groups is 7. The van der Waals surface area contributed by atoms with Crippen molar-refractivity contribution in [3.8, 4) is 0 Å². The molecule has 1 fully saturated rings. The molecule has 0 aliphatic heterocycles. The first-order chi connectivity index (χ1) is 29.2. The Bertz CT molecular complexity index is 1290. The molecule has 10 atom stereocenters. The van der Waals surface area contributed by atoms with E-state index in [4.69, 9.17) is 18.5 Å². The highest BCUT2D eigenvalue weighted by Gasteiger charge is 2.51. The number of esters is 2. The third kappa shape index (κ3) is 27.5. The Morgan fingerprint density at radius 3 is 1.72 bits per heavy atom. The molecule has 0 aromatic heterocycles. The zero-order valence-corrected chi connectivity index (χ0v) is 37.6. The summed E-state index contributed by atoms with van der Waals surface area (Å²) in [6.45, 7) is 2.97. The number of unbranched alkanes of at least 4 members (excludes halogenated alkanes) is 12. The zero-order valence-electron chi connectivity index (χ0n) is 36.7. The maximum atomic E-state index is 12.8. The van der Waals surface area contributed by atoms with Gasteiger partial charge in [-0.2, -0.15) is 0 Å². The van der Waals surface area contributed by atoms with Gasteiger partial charge in [-0.1, -0.05) is 120 Å². The van der Waals surface area contributed by atoms with Crippen LogP contribution in [0, 0.1) is 0 Å². The van der Waals surface area contributed by atoms with Gasteiger partial charge in [0, 0.05) is 12.8 Å². The Hall–Kier alpha value is -2.27. The SMILES string of the molecule is CC/C=C\C/C=C\C/C=C\CCCCCCCC(=O)O[C@H](COC(=O)CCCCCCC[C@@H](O)[C@H](O)C/C=C\CCCCC)COP(=O)(O)OC1[C@H](O)[C@H](O)C(O)[C@H](O)[C@H]1O. The minimum atomic E-state index is -5.16. The van der Waals surface area contributed by atoms with Crippen molar-refractivity contribution in [2.75, 3.05) is 13.2 Å². The van der Waals surface area contributed by atoms with Crippen LogP contribution in [0.1, 0.15) is 155 Å². The van der Waals surface area contributed by atoms with Gasteiger partial charge < -0.3 is 50.1 Å². The second-order valence-corrected chi connectivity index (χ2v) is 17.2. The number of phosphoric ester groups is 1. The van der Waals surface area contributed by atoms with Crippen LogP contribution in [0.15, 0.2) is 48.6 Å². The van der Waals surface area contributed by atoms with Crippen LogP contribution < -0.4 is 0 Å². The van der Waals surface area contributed by atoms with Crippen molar-refractivity contribution in [2.24, 2.45) is 0 Å². The standard InChI is InChI=1S/C45H79O15P/c1-3-5-7-9-11-12-13-14-15-16-17-18-19-23-28-32-39(49)59-35(34-58-61(55,56)60-45-43(53)41(51)40(50)42(52)44(45)54)33-57-38(48)31-27-24-20-22-26-30-37(47)36(46)29-25-21-10-8-6-4-2/h5,7,11-12,14-15,21,25,35-37,40-47,50-54H,3-4,6,8-10,13,16-20,22-24,26-34H2,1-2H3,(H,55,56)/b7-5-,12-11-,15-14-,25-21-/t35-,36-,37-,40?,41-,42+,43-,44-,45?/m1/s1. The Labute approximate surface area is 364 Å². The maximum Gasteiger partial charge on any atom is 0.472 e. The van der Waals surface area contributed by atoms with Gasteiger partial charge in [0.2, 0.25) is 0 Å². The molecule has 1 saturated carbocycles. The molecule has 0 spiro atoms. The molecule has 61 heavy (non-hydrogen) atoms. The van der Waals surface area contributed by atoms with E-state index in [9.17, 15) is 54.8 Å². The van der Waals surface area contributed by atoms with Gasteiger partial charge >= 0.3 is 19.8 Å². The second kappa shape index (κ2) is 35.1. The number of ether oxygens (including phenoxy) is 2. The lowest BCUT2D eigenvalue weighted by Gasteiger charge is -2.41. The molecule has 0 amide bonds. The molecule has 16 heteroatoms. The van der Waals surface area contributed by atoms with Gasteiger partial charge in [-0.3, -0.25) is 18.6 Å². The number of phosphoric acid groups is 1. The lowest BCUT2D eigenvalue weighted by Crippen LogP contribution is -2.64. The fourth-order valence-electron chi connectivity index (χ4n) is 6.56. The largest absolute Gasteiger partial charge is 0.472 e. The van der Waals surface area contributed by atoms with Crippen LogP contribution >= 0.6 is 7.82 Å². The molecule has 354 valence electrons. The van der Waals surface area contributed by atoms with Gasteiger partial charge in [-0.25, -0.2) is 4.57 Å². The number of hydrogen-bond acceptors (Lipinski definition) is 14. The summed E-state index contributed by atoms with van der Waals surface area (Å²) in [5.74, 6) is -1.23. The molecule has 0 saturated heterocycles. The average Bonchev–Trinajstić information content (AvgIpc) is 3.23. The number of carbonyl (C=O) groups excluding carboxylic acids is 2. The number of carbonyl (C=O) groups is 2. The predicted octanol–water partition coefficient (Wildman–Crippen LogP) is 6.33. The van der Waals surface area contributed by atoms with Crippen molar-refractivity contribution in [2.45, 2.75) is 210 Å². The minimum absolute atomic E-state index is 0.0438. The molecular weight excluding hydrogens is 811 g/mol. The van der Waals surface area contributed by atoms with Crippen molar-refractivity contribution in [3.63, 3.8) is 0 Å². The van der Waals surface area contributed by atoms with Crippen LogP contribution in [0.2, 0.25) is 0 Å². The van der Waals surface area contributed by atoms with Crippen molar-refractivity contribution in [1.29, 1.82) is 0 Å². The number of rotatable bonds is 36. The van der Waals surface area contributed by atoms with Crippen LogP contribution in [-0.4, -0.2) is 121 Å².